The summed E-state index contributed by atoms with van der Waals surface area (Å²) < 4.78 is 4.81. The van der Waals surface area contributed by atoms with E-state index in [1.54, 1.807) is 19.2 Å². The Morgan fingerprint density at radius 2 is 2.29 bits per heavy atom. The van der Waals surface area contributed by atoms with Crippen molar-refractivity contribution in [2.24, 2.45) is 0 Å². The average molecular weight is 238 g/mol. The van der Waals surface area contributed by atoms with Crippen molar-refractivity contribution in [1.29, 1.82) is 0 Å². The van der Waals surface area contributed by atoms with Crippen LogP contribution in [0.5, 0.6) is 0 Å². The van der Waals surface area contributed by atoms with Gasteiger partial charge in [0.2, 0.25) is 0 Å². The highest BCUT2D eigenvalue weighted by Gasteiger charge is 2.15. The topological polar surface area (TPSA) is 62.7 Å². The molecule has 0 fully saturated rings. The number of amides is 1. The third-order valence-corrected chi connectivity index (χ3v) is 2.35. The number of aliphatic hydroxyl groups is 1. The van der Waals surface area contributed by atoms with Gasteiger partial charge < -0.3 is 14.7 Å². The predicted molar refractivity (Wildman–Crippen MR) is 63.8 cm³/mol. The lowest BCUT2D eigenvalue weighted by Crippen LogP contribution is -2.36. The number of likely N-dealkylation sites (N-methyl/N-ethyl adjacent to an activating group) is 1. The molecule has 17 heavy (non-hydrogen) atoms. The molecule has 0 radical (unpaired) electrons. The van der Waals surface area contributed by atoms with Crippen molar-refractivity contribution in [3.63, 3.8) is 0 Å². The number of aryl methyl sites for hydroxylation is 1. The minimum Gasteiger partial charge on any atom is -0.389 e. The first kappa shape index (κ1) is 13.6. The molecule has 1 N–H and O–H groups in total. The molecule has 0 saturated carbocycles. The summed E-state index contributed by atoms with van der Waals surface area (Å²) >= 11 is 0. The quantitative estimate of drug-likeness (QED) is 0.810. The van der Waals surface area contributed by atoms with Gasteiger partial charge >= 0.3 is 0 Å². The van der Waals surface area contributed by atoms with Gasteiger partial charge in [-0.1, -0.05) is 0 Å². The second-order valence-electron chi connectivity index (χ2n) is 3.98. The van der Waals surface area contributed by atoms with Crippen molar-refractivity contribution in [2.75, 3.05) is 27.3 Å². The van der Waals surface area contributed by atoms with Crippen LogP contribution in [0.4, 0.5) is 0 Å². The van der Waals surface area contributed by atoms with Gasteiger partial charge in [-0.3, -0.25) is 9.78 Å². The Kier molecular flexibility index (Phi) is 5.06. The van der Waals surface area contributed by atoms with E-state index in [0.29, 0.717) is 5.56 Å². The molecule has 1 heterocycles. The fourth-order valence-electron chi connectivity index (χ4n) is 1.46. The largest absolute Gasteiger partial charge is 0.389 e. The number of hydrogen-bond acceptors (Lipinski definition) is 4. The lowest BCUT2D eigenvalue weighted by Gasteiger charge is -2.20. The number of nitrogens with zero attached hydrogens (tertiary/aromatic N) is 2. The number of hydrogen-bond donors (Lipinski definition) is 1. The van der Waals surface area contributed by atoms with Gasteiger partial charge in [0.1, 0.15) is 0 Å². The lowest BCUT2D eigenvalue weighted by molar-refractivity contribution is 0.0380. The van der Waals surface area contributed by atoms with E-state index in [2.05, 4.69) is 4.98 Å². The molecule has 5 nitrogen and oxygen atoms in total. The van der Waals surface area contributed by atoms with Crippen LogP contribution in [-0.2, 0) is 4.74 Å². The second-order valence-corrected chi connectivity index (χ2v) is 3.98. The fourth-order valence-corrected chi connectivity index (χ4v) is 1.46. The molecule has 94 valence electrons. The van der Waals surface area contributed by atoms with Crippen molar-refractivity contribution in [3.05, 3.63) is 29.6 Å². The molecule has 1 aromatic rings. The van der Waals surface area contributed by atoms with Crippen molar-refractivity contribution in [3.8, 4) is 0 Å². The van der Waals surface area contributed by atoms with Gasteiger partial charge in [-0.05, 0) is 19.1 Å². The highest BCUT2D eigenvalue weighted by atomic mass is 16.5. The molecule has 1 atom stereocenters. The van der Waals surface area contributed by atoms with Gasteiger partial charge in [0, 0.05) is 32.6 Å². The molecule has 1 unspecified atom stereocenters. The SMILES string of the molecule is COCC(O)CN(C)C(=O)c1ccc(C)nc1. The predicted octanol–water partition coefficient (Wildman–Crippen LogP) is 0.469. The van der Waals surface area contributed by atoms with Crippen LogP contribution in [0, 0.1) is 6.92 Å². The molecule has 0 aliphatic heterocycles. The van der Waals surface area contributed by atoms with Crippen LogP contribution < -0.4 is 0 Å². The molecule has 0 spiro atoms. The summed E-state index contributed by atoms with van der Waals surface area (Å²) in [5.74, 6) is -0.160. The molecule has 1 rings (SSSR count). The summed E-state index contributed by atoms with van der Waals surface area (Å²) in [4.78, 5) is 17.4. The first-order valence-corrected chi connectivity index (χ1v) is 5.39. The van der Waals surface area contributed by atoms with Crippen molar-refractivity contribution in [1.82, 2.24) is 9.88 Å². The fraction of sp³-hybridized carbons (Fsp3) is 0.500. The smallest absolute Gasteiger partial charge is 0.255 e. The Hall–Kier alpha value is -1.46. The minimum atomic E-state index is -0.674. The Bertz CT molecular complexity index is 365. The number of pyridine rings is 1. The van der Waals surface area contributed by atoms with Crippen LogP contribution in [0.25, 0.3) is 0 Å². The molecule has 0 saturated heterocycles. The van der Waals surface area contributed by atoms with E-state index in [4.69, 9.17) is 4.74 Å². The van der Waals surface area contributed by atoms with Gasteiger partial charge in [-0.25, -0.2) is 0 Å². The normalized spacial score (nSPS) is 12.2. The van der Waals surface area contributed by atoms with Crippen molar-refractivity contribution < 1.29 is 14.6 Å². The van der Waals surface area contributed by atoms with Crippen LogP contribution in [0.3, 0.4) is 0 Å². The molecule has 0 aliphatic carbocycles. The van der Waals surface area contributed by atoms with E-state index in [1.165, 1.54) is 18.2 Å². The third-order valence-electron chi connectivity index (χ3n) is 2.35. The van der Waals surface area contributed by atoms with E-state index >= 15 is 0 Å². The van der Waals surface area contributed by atoms with Crippen LogP contribution in [-0.4, -0.2) is 54.3 Å². The maximum absolute atomic E-state index is 11.9. The number of carbonyl (C=O) groups excluding carboxylic acids is 1. The molecule has 0 aromatic carbocycles. The first-order chi connectivity index (χ1) is 8.04. The van der Waals surface area contributed by atoms with Crippen LogP contribution in [0.2, 0.25) is 0 Å². The van der Waals surface area contributed by atoms with E-state index in [9.17, 15) is 9.90 Å². The third kappa shape index (κ3) is 4.13. The molecular weight excluding hydrogens is 220 g/mol. The zero-order valence-corrected chi connectivity index (χ0v) is 10.4. The zero-order chi connectivity index (χ0) is 12.8. The van der Waals surface area contributed by atoms with Crippen molar-refractivity contribution >= 4 is 5.91 Å². The molecule has 0 aliphatic rings. The summed E-state index contributed by atoms with van der Waals surface area (Å²) in [6.45, 7) is 2.31. The van der Waals surface area contributed by atoms with E-state index in [-0.39, 0.29) is 19.1 Å². The highest BCUT2D eigenvalue weighted by molar-refractivity contribution is 5.93. The zero-order valence-electron chi connectivity index (χ0n) is 10.4. The number of rotatable bonds is 5. The van der Waals surface area contributed by atoms with Crippen molar-refractivity contribution in [2.45, 2.75) is 13.0 Å². The lowest BCUT2D eigenvalue weighted by atomic mass is 10.2. The number of aromatic nitrogens is 1. The minimum absolute atomic E-state index is 0.160. The molecular formula is C12H18N2O3. The standard InChI is InChI=1S/C12H18N2O3/c1-9-4-5-10(6-13-9)12(16)14(2)7-11(15)8-17-3/h4-6,11,15H,7-8H2,1-3H3. The number of carbonyl (C=O) groups is 1. The summed E-state index contributed by atoms with van der Waals surface area (Å²) in [5.41, 5.74) is 1.38. The van der Waals surface area contributed by atoms with Gasteiger partial charge in [-0.2, -0.15) is 0 Å². The molecule has 1 aromatic heterocycles. The molecule has 5 heteroatoms. The Labute approximate surface area is 101 Å². The van der Waals surface area contributed by atoms with Gasteiger partial charge in [-0.15, -0.1) is 0 Å². The monoisotopic (exact) mass is 238 g/mol. The first-order valence-electron chi connectivity index (χ1n) is 5.39. The van der Waals surface area contributed by atoms with Crippen LogP contribution in [0.15, 0.2) is 18.3 Å². The van der Waals surface area contributed by atoms with Crippen LogP contribution >= 0.6 is 0 Å². The van der Waals surface area contributed by atoms with Gasteiger partial charge in [0.05, 0.1) is 18.3 Å². The maximum atomic E-state index is 11.9. The molecule has 0 bridgehead atoms. The van der Waals surface area contributed by atoms with E-state index < -0.39 is 6.10 Å². The Morgan fingerprint density at radius 1 is 1.59 bits per heavy atom. The van der Waals surface area contributed by atoms with E-state index in [1.807, 2.05) is 6.92 Å². The summed E-state index contributed by atoms with van der Waals surface area (Å²) in [5, 5.41) is 9.52. The Balaban J connectivity index is 2.60. The van der Waals surface area contributed by atoms with Gasteiger partial charge in [0.25, 0.3) is 5.91 Å². The summed E-state index contributed by atoms with van der Waals surface area (Å²) in [6, 6.07) is 3.51. The summed E-state index contributed by atoms with van der Waals surface area (Å²) in [6.07, 6.45) is 0.865. The summed E-state index contributed by atoms with van der Waals surface area (Å²) in [7, 11) is 3.15. The number of aliphatic hydroxyl groups excluding tert-OH is 1. The number of methoxy groups -OCH3 is 1. The highest BCUT2D eigenvalue weighted by Crippen LogP contribution is 2.04. The van der Waals surface area contributed by atoms with E-state index in [0.717, 1.165) is 5.69 Å². The average Bonchev–Trinajstić information content (AvgIpc) is 2.29. The Morgan fingerprint density at radius 3 is 2.82 bits per heavy atom. The second kappa shape index (κ2) is 6.32. The molecule has 1 amide bonds. The van der Waals surface area contributed by atoms with Crippen LogP contribution in [0.1, 0.15) is 16.1 Å². The number of ether oxygens (including phenoxy) is 1. The van der Waals surface area contributed by atoms with Gasteiger partial charge in [0.15, 0.2) is 0 Å². The maximum Gasteiger partial charge on any atom is 0.255 e.